The fourth-order valence-electron chi connectivity index (χ4n) is 2.06. The van der Waals surface area contributed by atoms with Crippen molar-refractivity contribution in [1.29, 1.82) is 0 Å². The Morgan fingerprint density at radius 2 is 1.83 bits per heavy atom. The van der Waals surface area contributed by atoms with Crippen LogP contribution in [0.3, 0.4) is 0 Å². The Balaban J connectivity index is 2.96. The molecular formula is C12H21NO5. The van der Waals surface area contributed by atoms with Crippen molar-refractivity contribution in [3.05, 3.63) is 0 Å². The van der Waals surface area contributed by atoms with Crippen molar-refractivity contribution >= 4 is 12.1 Å². The molecule has 0 aromatic rings. The number of hydrogen-bond donors (Lipinski definition) is 2. The van der Waals surface area contributed by atoms with Crippen molar-refractivity contribution in [3.63, 3.8) is 0 Å². The van der Waals surface area contributed by atoms with Gasteiger partial charge in [-0.05, 0) is 20.8 Å². The van der Waals surface area contributed by atoms with Crippen LogP contribution in [0.2, 0.25) is 0 Å². The van der Waals surface area contributed by atoms with Crippen molar-refractivity contribution in [2.24, 2.45) is 5.41 Å². The Hall–Kier alpha value is -1.30. The van der Waals surface area contributed by atoms with Gasteiger partial charge in [-0.25, -0.2) is 9.59 Å². The summed E-state index contributed by atoms with van der Waals surface area (Å²) in [7, 11) is 0. The van der Waals surface area contributed by atoms with Gasteiger partial charge in [0.2, 0.25) is 0 Å². The van der Waals surface area contributed by atoms with Crippen molar-refractivity contribution in [1.82, 2.24) is 4.90 Å². The van der Waals surface area contributed by atoms with Gasteiger partial charge in [-0.1, -0.05) is 13.8 Å². The number of hydrogen-bond acceptors (Lipinski definition) is 4. The van der Waals surface area contributed by atoms with Crippen LogP contribution in [-0.4, -0.2) is 51.5 Å². The average Bonchev–Trinajstić information content (AvgIpc) is 2.35. The normalized spacial score (nSPS) is 27.1. The summed E-state index contributed by atoms with van der Waals surface area (Å²) in [5.74, 6) is -1.14. The number of ether oxygens (including phenoxy) is 1. The third-order valence-electron chi connectivity index (χ3n) is 3.11. The number of carboxylic acids is 1. The van der Waals surface area contributed by atoms with Gasteiger partial charge in [0.25, 0.3) is 0 Å². The van der Waals surface area contributed by atoms with E-state index in [4.69, 9.17) is 4.74 Å². The van der Waals surface area contributed by atoms with Gasteiger partial charge in [0.05, 0.1) is 12.6 Å². The fourth-order valence-corrected chi connectivity index (χ4v) is 2.06. The van der Waals surface area contributed by atoms with Gasteiger partial charge in [-0.2, -0.15) is 0 Å². The highest BCUT2D eigenvalue weighted by Crippen LogP contribution is 2.37. The summed E-state index contributed by atoms with van der Waals surface area (Å²) in [6.45, 7) is 8.34. The van der Waals surface area contributed by atoms with Crippen molar-refractivity contribution in [2.45, 2.75) is 52.4 Å². The Morgan fingerprint density at radius 3 is 2.22 bits per heavy atom. The smallest absolute Gasteiger partial charge is 0.411 e. The molecule has 0 radical (unpaired) electrons. The number of likely N-dealkylation sites (tertiary alicyclic amines) is 1. The zero-order valence-corrected chi connectivity index (χ0v) is 11.4. The molecule has 0 aliphatic carbocycles. The van der Waals surface area contributed by atoms with Crippen LogP contribution < -0.4 is 0 Å². The second kappa shape index (κ2) is 4.42. The lowest BCUT2D eigenvalue weighted by Crippen LogP contribution is -2.48. The number of carbonyl (C=O) groups is 2. The minimum absolute atomic E-state index is 0.0289. The molecule has 2 N–H and O–H groups in total. The lowest BCUT2D eigenvalue weighted by molar-refractivity contribution is -0.145. The van der Waals surface area contributed by atoms with Crippen molar-refractivity contribution in [3.8, 4) is 0 Å². The monoisotopic (exact) mass is 259 g/mol. The van der Waals surface area contributed by atoms with Gasteiger partial charge >= 0.3 is 12.1 Å². The van der Waals surface area contributed by atoms with E-state index in [2.05, 4.69) is 0 Å². The van der Waals surface area contributed by atoms with Gasteiger partial charge in [0.1, 0.15) is 11.6 Å². The molecule has 6 nitrogen and oxygen atoms in total. The van der Waals surface area contributed by atoms with Crippen LogP contribution in [0.1, 0.15) is 34.6 Å². The average molecular weight is 259 g/mol. The van der Waals surface area contributed by atoms with Gasteiger partial charge in [0.15, 0.2) is 0 Å². The first-order chi connectivity index (χ1) is 7.97. The lowest BCUT2D eigenvalue weighted by Gasteiger charge is -2.31. The molecule has 0 aromatic heterocycles. The highest BCUT2D eigenvalue weighted by Gasteiger charge is 2.54. The molecule has 1 amide bonds. The quantitative estimate of drug-likeness (QED) is 0.735. The molecule has 1 aliphatic heterocycles. The largest absolute Gasteiger partial charge is 0.480 e. The van der Waals surface area contributed by atoms with Gasteiger partial charge in [0, 0.05) is 5.41 Å². The number of β-amino-alcohol motifs (C(OH)–C–C–N with tert-alkyl or cyclic N) is 1. The number of carbonyl (C=O) groups excluding carboxylic acids is 1. The van der Waals surface area contributed by atoms with Crippen LogP contribution in [0.25, 0.3) is 0 Å². The summed E-state index contributed by atoms with van der Waals surface area (Å²) in [5.41, 5.74) is -1.60. The standard InChI is InChI=1S/C12H21NO5/c1-11(2,3)18-10(17)13-6-7(14)12(4,5)8(13)9(15)16/h7-8,14H,6H2,1-5H3,(H,15,16)/t7-,8-/m1/s1. The summed E-state index contributed by atoms with van der Waals surface area (Å²) in [5, 5.41) is 19.1. The molecule has 1 rings (SSSR count). The van der Waals surface area contributed by atoms with Crippen molar-refractivity contribution < 1.29 is 24.5 Å². The maximum atomic E-state index is 11.9. The molecular weight excluding hydrogens is 238 g/mol. The minimum atomic E-state index is -1.14. The lowest BCUT2D eigenvalue weighted by atomic mass is 9.82. The third kappa shape index (κ3) is 2.75. The van der Waals surface area contributed by atoms with E-state index in [9.17, 15) is 19.8 Å². The van der Waals surface area contributed by atoms with Crippen LogP contribution in [0, 0.1) is 5.41 Å². The van der Waals surface area contributed by atoms with Crippen LogP contribution in [-0.2, 0) is 9.53 Å². The van der Waals surface area contributed by atoms with Crippen LogP contribution >= 0.6 is 0 Å². The first-order valence-corrected chi connectivity index (χ1v) is 5.87. The molecule has 0 saturated carbocycles. The molecule has 6 heteroatoms. The van der Waals surface area contributed by atoms with E-state index in [-0.39, 0.29) is 6.54 Å². The maximum absolute atomic E-state index is 11.9. The van der Waals surface area contributed by atoms with Crippen LogP contribution in [0.15, 0.2) is 0 Å². The molecule has 1 fully saturated rings. The number of nitrogens with zero attached hydrogens (tertiary/aromatic N) is 1. The molecule has 0 unspecified atom stereocenters. The Kier molecular flexibility index (Phi) is 3.63. The van der Waals surface area contributed by atoms with E-state index in [0.29, 0.717) is 0 Å². The molecule has 1 aliphatic rings. The first-order valence-electron chi connectivity index (χ1n) is 5.87. The zero-order chi connectivity index (χ0) is 14.3. The van der Waals surface area contributed by atoms with Gasteiger partial charge in [-0.3, -0.25) is 4.90 Å². The summed E-state index contributed by atoms with van der Waals surface area (Å²) in [6, 6.07) is -1.08. The van der Waals surface area contributed by atoms with E-state index in [1.165, 1.54) is 0 Å². The molecule has 0 bridgehead atoms. The van der Waals surface area contributed by atoms with E-state index < -0.39 is 35.2 Å². The third-order valence-corrected chi connectivity index (χ3v) is 3.11. The second-order valence-corrected chi connectivity index (χ2v) is 6.21. The Morgan fingerprint density at radius 1 is 1.33 bits per heavy atom. The molecule has 18 heavy (non-hydrogen) atoms. The van der Waals surface area contributed by atoms with E-state index >= 15 is 0 Å². The number of amides is 1. The molecule has 1 heterocycles. The zero-order valence-electron chi connectivity index (χ0n) is 11.4. The molecule has 0 aromatic carbocycles. The van der Waals surface area contributed by atoms with Crippen LogP contribution in [0.4, 0.5) is 4.79 Å². The molecule has 2 atom stereocenters. The molecule has 104 valence electrons. The van der Waals surface area contributed by atoms with Crippen molar-refractivity contribution in [2.75, 3.05) is 6.54 Å². The SMILES string of the molecule is CC(C)(C)OC(=O)N1C[C@@H](O)C(C)(C)[C@H]1C(=O)O. The summed E-state index contributed by atoms with van der Waals surface area (Å²) in [4.78, 5) is 24.3. The first kappa shape index (κ1) is 14.8. The predicted molar refractivity (Wildman–Crippen MR) is 64.2 cm³/mol. The van der Waals surface area contributed by atoms with E-state index in [1.807, 2.05) is 0 Å². The highest BCUT2D eigenvalue weighted by molar-refractivity contribution is 5.82. The number of rotatable bonds is 1. The van der Waals surface area contributed by atoms with Gasteiger partial charge in [-0.15, -0.1) is 0 Å². The summed E-state index contributed by atoms with van der Waals surface area (Å²) >= 11 is 0. The van der Waals surface area contributed by atoms with Crippen LogP contribution in [0.5, 0.6) is 0 Å². The summed E-state index contributed by atoms with van der Waals surface area (Å²) < 4.78 is 5.16. The van der Waals surface area contributed by atoms with E-state index in [0.717, 1.165) is 4.90 Å². The van der Waals surface area contributed by atoms with E-state index in [1.54, 1.807) is 34.6 Å². The Bertz CT molecular complexity index is 358. The van der Waals surface area contributed by atoms with Gasteiger partial charge < -0.3 is 14.9 Å². The maximum Gasteiger partial charge on any atom is 0.411 e. The number of aliphatic hydroxyl groups excluding tert-OH is 1. The highest BCUT2D eigenvalue weighted by atomic mass is 16.6. The number of aliphatic carboxylic acids is 1. The molecule has 0 spiro atoms. The second-order valence-electron chi connectivity index (χ2n) is 6.21. The minimum Gasteiger partial charge on any atom is -0.480 e. The summed E-state index contributed by atoms with van der Waals surface area (Å²) in [6.07, 6.45) is -1.59. The predicted octanol–water partition coefficient (Wildman–Crippen LogP) is 1.08. The fraction of sp³-hybridized carbons (Fsp3) is 0.833. The Labute approximate surface area is 107 Å². The topological polar surface area (TPSA) is 87.1 Å². The molecule has 1 saturated heterocycles. The number of aliphatic hydroxyl groups is 1. The number of carboxylic acid groups (broad SMARTS) is 1.